The van der Waals surface area contributed by atoms with Crippen LogP contribution in [-0.4, -0.2) is 44.9 Å². The van der Waals surface area contributed by atoms with Gasteiger partial charge in [0, 0.05) is 11.3 Å². The zero-order valence-corrected chi connectivity index (χ0v) is 24.9. The second kappa shape index (κ2) is 13.3. The zero-order valence-electron chi connectivity index (χ0n) is 24.1. The number of fused-ring (bicyclic) bond motifs is 1. The summed E-state index contributed by atoms with van der Waals surface area (Å²) in [6.07, 6.45) is 0. The van der Waals surface area contributed by atoms with E-state index in [4.69, 9.17) is 4.74 Å². The molecule has 5 aromatic rings. The van der Waals surface area contributed by atoms with Crippen LogP contribution >= 0.6 is 11.8 Å². The van der Waals surface area contributed by atoms with Crippen molar-refractivity contribution in [1.29, 1.82) is 0 Å². The number of thioether (sulfide) groups is 1. The highest BCUT2D eigenvalue weighted by Gasteiger charge is 2.19. The van der Waals surface area contributed by atoms with Gasteiger partial charge in [-0.05, 0) is 79.1 Å². The molecule has 2 N–H and O–H groups in total. The molecule has 0 aliphatic heterocycles. The minimum absolute atomic E-state index is 0.0744. The van der Waals surface area contributed by atoms with E-state index in [1.807, 2.05) is 73.0 Å². The van der Waals surface area contributed by atoms with Gasteiger partial charge in [-0.2, -0.15) is 0 Å². The van der Waals surface area contributed by atoms with Gasteiger partial charge in [-0.25, -0.2) is 4.79 Å². The van der Waals surface area contributed by atoms with Crippen molar-refractivity contribution in [3.63, 3.8) is 0 Å². The molecule has 0 fully saturated rings. The molecule has 218 valence electrons. The molecule has 5 rings (SSSR count). The Labute approximate surface area is 253 Å². The van der Waals surface area contributed by atoms with E-state index in [0.717, 1.165) is 27.6 Å². The Kier molecular flexibility index (Phi) is 9.17. The normalized spacial score (nSPS) is 10.9. The minimum atomic E-state index is -0.411. The highest BCUT2D eigenvalue weighted by atomic mass is 32.2. The maximum absolute atomic E-state index is 13.2. The van der Waals surface area contributed by atoms with Gasteiger partial charge in [0.15, 0.2) is 11.0 Å². The Balaban J connectivity index is 1.33. The number of hydrogen-bond donors (Lipinski definition) is 2. The molecule has 43 heavy (non-hydrogen) atoms. The second-order valence-corrected chi connectivity index (χ2v) is 10.8. The van der Waals surface area contributed by atoms with E-state index in [1.165, 1.54) is 11.8 Å². The number of rotatable bonds is 10. The lowest BCUT2D eigenvalue weighted by molar-refractivity contribution is -0.113. The topological polar surface area (TPSA) is 115 Å². The first kappa shape index (κ1) is 29.5. The summed E-state index contributed by atoms with van der Waals surface area (Å²) >= 11 is 1.24. The lowest BCUT2D eigenvalue weighted by Gasteiger charge is -2.14. The maximum atomic E-state index is 13.2. The molecule has 0 unspecified atom stereocenters. The van der Waals surface area contributed by atoms with Crippen molar-refractivity contribution in [1.82, 2.24) is 20.1 Å². The smallest absolute Gasteiger partial charge is 0.338 e. The van der Waals surface area contributed by atoms with Crippen LogP contribution in [0.4, 0.5) is 5.69 Å². The third-order valence-electron chi connectivity index (χ3n) is 6.76. The molecule has 0 atom stereocenters. The van der Waals surface area contributed by atoms with Crippen molar-refractivity contribution >= 4 is 46.0 Å². The number of carbonyl (C=O) groups is 3. The van der Waals surface area contributed by atoms with Gasteiger partial charge in [-0.1, -0.05) is 60.3 Å². The number of amides is 2. The van der Waals surface area contributed by atoms with Crippen molar-refractivity contribution in [2.75, 3.05) is 17.7 Å². The number of benzene rings is 4. The largest absolute Gasteiger partial charge is 0.462 e. The number of nitrogens with zero attached hydrogens (tertiary/aromatic N) is 3. The van der Waals surface area contributed by atoms with E-state index >= 15 is 0 Å². The van der Waals surface area contributed by atoms with Crippen molar-refractivity contribution in [2.24, 2.45) is 0 Å². The Morgan fingerprint density at radius 1 is 0.907 bits per heavy atom. The first-order valence-electron chi connectivity index (χ1n) is 13.8. The van der Waals surface area contributed by atoms with Crippen LogP contribution in [0, 0.1) is 13.8 Å². The van der Waals surface area contributed by atoms with Gasteiger partial charge < -0.3 is 15.4 Å². The van der Waals surface area contributed by atoms with Gasteiger partial charge in [0.05, 0.1) is 30.2 Å². The molecule has 0 aliphatic carbocycles. The molecular weight excluding hydrogens is 562 g/mol. The number of carbonyl (C=O) groups excluding carboxylic acids is 3. The average molecular weight is 594 g/mol. The average Bonchev–Trinajstić information content (AvgIpc) is 3.42. The Morgan fingerprint density at radius 3 is 2.47 bits per heavy atom. The van der Waals surface area contributed by atoms with E-state index in [9.17, 15) is 14.4 Å². The predicted molar refractivity (Wildman–Crippen MR) is 168 cm³/mol. The fraction of sp³-hybridized carbons (Fsp3) is 0.182. The van der Waals surface area contributed by atoms with Crippen LogP contribution in [0.1, 0.15) is 44.6 Å². The van der Waals surface area contributed by atoms with E-state index in [2.05, 4.69) is 20.8 Å². The van der Waals surface area contributed by atoms with Gasteiger partial charge >= 0.3 is 5.97 Å². The number of esters is 1. The molecule has 1 heterocycles. The van der Waals surface area contributed by atoms with Crippen molar-refractivity contribution in [2.45, 2.75) is 32.5 Å². The van der Waals surface area contributed by atoms with E-state index in [-0.39, 0.29) is 24.1 Å². The van der Waals surface area contributed by atoms with E-state index in [1.54, 1.807) is 37.3 Å². The zero-order chi connectivity index (χ0) is 30.3. The predicted octanol–water partition coefficient (Wildman–Crippen LogP) is 5.87. The number of aromatic nitrogens is 3. The van der Waals surface area contributed by atoms with Gasteiger partial charge in [0.2, 0.25) is 5.91 Å². The second-order valence-electron chi connectivity index (χ2n) is 9.87. The third kappa shape index (κ3) is 6.92. The Hall–Kier alpha value is -4.96. The molecular formula is C33H31N5O4S. The molecule has 4 aromatic carbocycles. The lowest BCUT2D eigenvalue weighted by Crippen LogP contribution is -2.25. The Morgan fingerprint density at radius 2 is 1.67 bits per heavy atom. The van der Waals surface area contributed by atoms with E-state index in [0.29, 0.717) is 34.4 Å². The summed E-state index contributed by atoms with van der Waals surface area (Å²) in [5.74, 6) is -0.249. The Bertz CT molecular complexity index is 1790. The molecule has 0 bridgehead atoms. The van der Waals surface area contributed by atoms with Crippen LogP contribution in [-0.2, 0) is 16.1 Å². The van der Waals surface area contributed by atoms with Crippen molar-refractivity contribution < 1.29 is 19.1 Å². The summed E-state index contributed by atoms with van der Waals surface area (Å²) in [5, 5.41) is 17.0. The summed E-state index contributed by atoms with van der Waals surface area (Å²) in [4.78, 5) is 37.9. The highest BCUT2D eigenvalue weighted by molar-refractivity contribution is 7.99. The third-order valence-corrected chi connectivity index (χ3v) is 7.69. The number of ether oxygens (including phenoxy) is 1. The lowest BCUT2D eigenvalue weighted by atomic mass is 10.0. The van der Waals surface area contributed by atoms with Gasteiger partial charge in [0.25, 0.3) is 5.91 Å². The fourth-order valence-electron chi connectivity index (χ4n) is 4.62. The molecule has 0 saturated carbocycles. The van der Waals surface area contributed by atoms with Crippen LogP contribution in [0.5, 0.6) is 0 Å². The van der Waals surface area contributed by atoms with Crippen molar-refractivity contribution in [3.05, 3.63) is 113 Å². The molecule has 0 aliphatic rings. The first-order valence-corrected chi connectivity index (χ1v) is 14.8. The quantitative estimate of drug-likeness (QED) is 0.154. The molecule has 0 spiro atoms. The number of nitrogens with one attached hydrogen (secondary N) is 2. The molecule has 1 aromatic heterocycles. The van der Waals surface area contributed by atoms with Crippen LogP contribution < -0.4 is 10.6 Å². The SMILES string of the molecule is CCOC(=O)c1ccc(NC(=O)CSc2nnc(CNC(=O)c3cccc4ccccc34)n2-c2cc(C)ccc2C)cc1. The molecule has 0 saturated heterocycles. The first-order chi connectivity index (χ1) is 20.8. The monoisotopic (exact) mass is 593 g/mol. The summed E-state index contributed by atoms with van der Waals surface area (Å²) < 4.78 is 6.89. The highest BCUT2D eigenvalue weighted by Crippen LogP contribution is 2.26. The number of hydrogen-bond acceptors (Lipinski definition) is 7. The molecule has 2 amide bonds. The van der Waals surface area contributed by atoms with Crippen LogP contribution in [0.25, 0.3) is 16.5 Å². The molecule has 0 radical (unpaired) electrons. The summed E-state index contributed by atoms with van der Waals surface area (Å²) in [6, 6.07) is 26.0. The summed E-state index contributed by atoms with van der Waals surface area (Å²) in [7, 11) is 0. The van der Waals surface area contributed by atoms with Crippen LogP contribution in [0.3, 0.4) is 0 Å². The number of anilines is 1. The van der Waals surface area contributed by atoms with Gasteiger partial charge in [-0.3, -0.25) is 14.2 Å². The summed E-state index contributed by atoms with van der Waals surface area (Å²) in [6.45, 7) is 6.18. The summed E-state index contributed by atoms with van der Waals surface area (Å²) in [5.41, 5.74) is 4.48. The number of aryl methyl sites for hydroxylation is 2. The van der Waals surface area contributed by atoms with Crippen LogP contribution in [0.15, 0.2) is 90.1 Å². The van der Waals surface area contributed by atoms with Gasteiger partial charge in [-0.15, -0.1) is 10.2 Å². The van der Waals surface area contributed by atoms with Crippen molar-refractivity contribution in [3.8, 4) is 5.69 Å². The molecule has 10 heteroatoms. The maximum Gasteiger partial charge on any atom is 0.338 e. The minimum Gasteiger partial charge on any atom is -0.462 e. The van der Waals surface area contributed by atoms with E-state index < -0.39 is 5.97 Å². The molecule has 9 nitrogen and oxygen atoms in total. The van der Waals surface area contributed by atoms with Crippen LogP contribution in [0.2, 0.25) is 0 Å². The standard InChI is InChI=1S/C33H31N5O4S/c1-4-42-32(41)24-14-16-25(17-15-24)35-30(39)20-43-33-37-36-29(38(33)28-18-21(2)12-13-22(28)3)19-34-31(40)27-11-7-9-23-8-5-6-10-26(23)27/h5-18H,4,19-20H2,1-3H3,(H,34,40)(H,35,39). The van der Waals surface area contributed by atoms with Gasteiger partial charge in [0.1, 0.15) is 0 Å². The fourth-order valence-corrected chi connectivity index (χ4v) is 5.38.